The van der Waals surface area contributed by atoms with Crippen LogP contribution in [0.4, 0.5) is 5.82 Å². The van der Waals surface area contributed by atoms with E-state index in [1.54, 1.807) is 25.3 Å². The number of aromatic hydroxyl groups is 1. The average molecular weight is 343 g/mol. The molecule has 2 aromatic rings. The summed E-state index contributed by atoms with van der Waals surface area (Å²) in [6.07, 6.45) is 6.06. The van der Waals surface area contributed by atoms with Gasteiger partial charge in [-0.15, -0.1) is 0 Å². The summed E-state index contributed by atoms with van der Waals surface area (Å²) in [6.45, 7) is 1.37. The monoisotopic (exact) mass is 343 g/mol. The molecule has 25 heavy (non-hydrogen) atoms. The summed E-state index contributed by atoms with van der Waals surface area (Å²) in [7, 11) is 0. The Hall–Kier alpha value is -2.83. The quantitative estimate of drug-likeness (QED) is 0.814. The second-order valence-corrected chi connectivity index (χ2v) is 6.24. The van der Waals surface area contributed by atoms with Gasteiger partial charge in [0, 0.05) is 6.07 Å². The number of anilines is 1. The molecule has 1 heterocycles. The van der Waals surface area contributed by atoms with Crippen molar-refractivity contribution in [1.82, 2.24) is 9.78 Å². The number of aromatic nitrogens is 2. The summed E-state index contributed by atoms with van der Waals surface area (Å²) in [5.41, 5.74) is 0.862. The molecule has 7 nitrogen and oxygen atoms in total. The van der Waals surface area contributed by atoms with Gasteiger partial charge in [-0.25, -0.2) is 9.48 Å². The van der Waals surface area contributed by atoms with Crippen LogP contribution in [0.1, 0.15) is 47.6 Å². The lowest BCUT2D eigenvalue weighted by molar-refractivity contribution is -0.119. The van der Waals surface area contributed by atoms with Crippen LogP contribution in [-0.4, -0.2) is 33.4 Å². The molecular weight excluding hydrogens is 322 g/mol. The molecule has 1 saturated carbocycles. The van der Waals surface area contributed by atoms with Crippen molar-refractivity contribution in [2.24, 2.45) is 0 Å². The number of carbonyl (C=O) groups is 2. The third kappa shape index (κ3) is 3.99. The molecule has 7 heteroatoms. The number of rotatable bonds is 5. The third-order valence-corrected chi connectivity index (χ3v) is 4.32. The molecule has 0 bridgehead atoms. The summed E-state index contributed by atoms with van der Waals surface area (Å²) < 4.78 is 6.80. The largest absolute Gasteiger partial charge is 0.507 e. The van der Waals surface area contributed by atoms with E-state index in [1.807, 2.05) is 4.68 Å². The highest BCUT2D eigenvalue weighted by atomic mass is 16.5. The lowest BCUT2D eigenvalue weighted by Gasteiger charge is -2.14. The molecule has 1 aliphatic rings. The van der Waals surface area contributed by atoms with E-state index in [1.165, 1.54) is 12.1 Å². The van der Waals surface area contributed by atoms with E-state index in [0.29, 0.717) is 11.9 Å². The fourth-order valence-corrected chi connectivity index (χ4v) is 3.06. The van der Waals surface area contributed by atoms with Crippen molar-refractivity contribution in [2.75, 3.05) is 11.9 Å². The Bertz CT molecular complexity index is 778. The molecule has 132 valence electrons. The molecule has 1 aromatic carbocycles. The SMILES string of the molecule is Cc1ccc(C(=O)OCC(=O)Nc2ccnn2C2CCCC2)c(O)c1. The van der Waals surface area contributed by atoms with E-state index in [-0.39, 0.29) is 11.3 Å². The highest BCUT2D eigenvalue weighted by molar-refractivity contribution is 5.96. The van der Waals surface area contributed by atoms with E-state index in [0.717, 1.165) is 31.2 Å². The maximum absolute atomic E-state index is 12.1. The van der Waals surface area contributed by atoms with Crippen molar-refractivity contribution in [2.45, 2.75) is 38.6 Å². The number of amides is 1. The predicted octanol–water partition coefficient (Wildman–Crippen LogP) is 2.81. The number of ether oxygens (including phenoxy) is 1. The number of nitrogens with one attached hydrogen (secondary N) is 1. The first-order valence-electron chi connectivity index (χ1n) is 8.34. The minimum Gasteiger partial charge on any atom is -0.507 e. The van der Waals surface area contributed by atoms with Crippen molar-refractivity contribution < 1.29 is 19.4 Å². The van der Waals surface area contributed by atoms with Gasteiger partial charge in [0.2, 0.25) is 0 Å². The van der Waals surface area contributed by atoms with Crippen LogP contribution in [0, 0.1) is 6.92 Å². The van der Waals surface area contributed by atoms with Gasteiger partial charge in [0.1, 0.15) is 17.1 Å². The number of phenols is 1. The Morgan fingerprint density at radius 3 is 2.80 bits per heavy atom. The Morgan fingerprint density at radius 2 is 2.08 bits per heavy atom. The maximum atomic E-state index is 12.1. The van der Waals surface area contributed by atoms with Crippen molar-refractivity contribution >= 4 is 17.7 Å². The zero-order valence-electron chi connectivity index (χ0n) is 14.1. The standard InChI is InChI=1S/C18H21N3O4/c1-12-6-7-14(15(22)10-12)18(24)25-11-17(23)20-16-8-9-19-21(16)13-4-2-3-5-13/h6-10,13,22H,2-5,11H2,1H3,(H,20,23). The minimum absolute atomic E-state index is 0.0365. The van der Waals surface area contributed by atoms with Crippen molar-refractivity contribution in [3.8, 4) is 5.75 Å². The second-order valence-electron chi connectivity index (χ2n) is 6.24. The number of nitrogens with zero attached hydrogens (tertiary/aromatic N) is 2. The maximum Gasteiger partial charge on any atom is 0.342 e. The molecule has 0 radical (unpaired) electrons. The van der Waals surface area contributed by atoms with E-state index in [9.17, 15) is 14.7 Å². The molecule has 1 aromatic heterocycles. The van der Waals surface area contributed by atoms with Gasteiger partial charge in [0.25, 0.3) is 5.91 Å². The van der Waals surface area contributed by atoms with Gasteiger partial charge in [-0.3, -0.25) is 4.79 Å². The van der Waals surface area contributed by atoms with E-state index >= 15 is 0 Å². The Morgan fingerprint density at radius 1 is 1.32 bits per heavy atom. The van der Waals surface area contributed by atoms with Crippen LogP contribution in [0.2, 0.25) is 0 Å². The normalized spacial score (nSPS) is 14.4. The minimum atomic E-state index is -0.739. The smallest absolute Gasteiger partial charge is 0.342 e. The Labute approximate surface area is 145 Å². The fourth-order valence-electron chi connectivity index (χ4n) is 3.06. The molecule has 1 fully saturated rings. The first-order valence-corrected chi connectivity index (χ1v) is 8.34. The molecule has 3 rings (SSSR count). The summed E-state index contributed by atoms with van der Waals surface area (Å²) in [6, 6.07) is 6.66. The zero-order chi connectivity index (χ0) is 17.8. The predicted molar refractivity (Wildman–Crippen MR) is 91.5 cm³/mol. The molecule has 0 unspecified atom stereocenters. The zero-order valence-corrected chi connectivity index (χ0v) is 14.1. The molecule has 1 aliphatic carbocycles. The van der Waals surface area contributed by atoms with Gasteiger partial charge in [0.15, 0.2) is 6.61 Å². The first kappa shape index (κ1) is 17.0. The molecule has 0 saturated heterocycles. The average Bonchev–Trinajstić information content (AvgIpc) is 3.23. The second kappa shape index (κ2) is 7.38. The summed E-state index contributed by atoms with van der Waals surface area (Å²) in [5.74, 6) is -0.743. The van der Waals surface area contributed by atoms with Gasteiger partial charge in [0.05, 0.1) is 12.2 Å². The number of esters is 1. The summed E-state index contributed by atoms with van der Waals surface area (Å²) >= 11 is 0. The molecule has 1 amide bonds. The molecule has 0 spiro atoms. The third-order valence-electron chi connectivity index (χ3n) is 4.32. The van der Waals surface area contributed by atoms with Crippen LogP contribution in [-0.2, 0) is 9.53 Å². The number of benzene rings is 1. The Kier molecular flexibility index (Phi) is 5.02. The lowest BCUT2D eigenvalue weighted by Crippen LogP contribution is -2.23. The van der Waals surface area contributed by atoms with E-state index in [2.05, 4.69) is 10.4 Å². The van der Waals surface area contributed by atoms with Crippen LogP contribution in [0.25, 0.3) is 0 Å². The van der Waals surface area contributed by atoms with Gasteiger partial charge in [-0.2, -0.15) is 5.10 Å². The van der Waals surface area contributed by atoms with Crippen LogP contribution < -0.4 is 5.32 Å². The number of carbonyl (C=O) groups excluding carboxylic acids is 2. The topological polar surface area (TPSA) is 93.5 Å². The number of aryl methyl sites for hydroxylation is 1. The van der Waals surface area contributed by atoms with Crippen molar-refractivity contribution in [3.05, 3.63) is 41.6 Å². The van der Waals surface area contributed by atoms with Crippen LogP contribution >= 0.6 is 0 Å². The highest BCUT2D eigenvalue weighted by Crippen LogP contribution is 2.31. The van der Waals surface area contributed by atoms with Crippen molar-refractivity contribution in [3.63, 3.8) is 0 Å². The molecular formula is C18H21N3O4. The number of hydrogen-bond acceptors (Lipinski definition) is 5. The molecule has 0 aliphatic heterocycles. The first-order chi connectivity index (χ1) is 12.0. The summed E-state index contributed by atoms with van der Waals surface area (Å²) in [5, 5.41) is 16.8. The number of hydrogen-bond donors (Lipinski definition) is 2. The summed E-state index contributed by atoms with van der Waals surface area (Å²) in [4.78, 5) is 24.0. The molecule has 0 atom stereocenters. The molecule has 2 N–H and O–H groups in total. The van der Waals surface area contributed by atoms with Crippen LogP contribution in [0.5, 0.6) is 5.75 Å². The van der Waals surface area contributed by atoms with Gasteiger partial charge in [-0.1, -0.05) is 18.9 Å². The van der Waals surface area contributed by atoms with Gasteiger partial charge < -0.3 is 15.2 Å². The van der Waals surface area contributed by atoms with Crippen LogP contribution in [0.15, 0.2) is 30.5 Å². The van der Waals surface area contributed by atoms with E-state index < -0.39 is 18.5 Å². The lowest BCUT2D eigenvalue weighted by atomic mass is 10.1. The van der Waals surface area contributed by atoms with Gasteiger partial charge >= 0.3 is 5.97 Å². The van der Waals surface area contributed by atoms with Crippen LogP contribution in [0.3, 0.4) is 0 Å². The van der Waals surface area contributed by atoms with E-state index in [4.69, 9.17) is 4.74 Å². The highest BCUT2D eigenvalue weighted by Gasteiger charge is 2.21. The number of phenolic OH excluding ortho intramolecular Hbond substituents is 1. The Balaban J connectivity index is 1.56. The van der Waals surface area contributed by atoms with Gasteiger partial charge in [-0.05, 0) is 37.5 Å². The van der Waals surface area contributed by atoms with Crippen molar-refractivity contribution in [1.29, 1.82) is 0 Å². The fraction of sp³-hybridized carbons (Fsp3) is 0.389.